The minimum atomic E-state index is -0.515. The lowest BCUT2D eigenvalue weighted by atomic mass is 10.0. The van der Waals surface area contributed by atoms with E-state index in [-0.39, 0.29) is 17.3 Å². The van der Waals surface area contributed by atoms with Gasteiger partial charge in [0.25, 0.3) is 5.91 Å². The van der Waals surface area contributed by atoms with Gasteiger partial charge in [-0.05, 0) is 61.1 Å². The number of rotatable bonds is 5. The third-order valence-electron chi connectivity index (χ3n) is 3.99. The molecule has 2 aromatic carbocycles. The summed E-state index contributed by atoms with van der Waals surface area (Å²) < 4.78 is 18.2. The molecule has 30 heavy (non-hydrogen) atoms. The minimum absolute atomic E-state index is 0.000574. The van der Waals surface area contributed by atoms with Crippen LogP contribution in [0.5, 0.6) is 0 Å². The molecule has 9 heteroatoms. The molecule has 0 aliphatic rings. The second-order valence-corrected chi connectivity index (χ2v) is 7.72. The fraction of sp³-hybridized carbons (Fsp3) is 0.0952. The van der Waals surface area contributed by atoms with Crippen LogP contribution in [0, 0.1) is 5.82 Å². The van der Waals surface area contributed by atoms with Crippen molar-refractivity contribution in [1.29, 1.82) is 0 Å². The molecule has 1 amide bonds. The maximum absolute atomic E-state index is 13.0. The van der Waals surface area contributed by atoms with Gasteiger partial charge in [-0.15, -0.1) is 11.3 Å². The van der Waals surface area contributed by atoms with Crippen LogP contribution in [-0.4, -0.2) is 23.6 Å². The molecule has 0 saturated carbocycles. The monoisotopic (exact) mass is 462 g/mol. The number of thiocarbonyl (C=S) groups is 1. The maximum Gasteiger partial charge on any atom is 0.341 e. The van der Waals surface area contributed by atoms with Crippen molar-refractivity contribution in [2.75, 3.05) is 11.9 Å². The van der Waals surface area contributed by atoms with E-state index in [1.54, 1.807) is 36.6 Å². The number of carbonyl (C=O) groups is 2. The first kappa shape index (κ1) is 21.9. The Morgan fingerprint density at radius 2 is 1.80 bits per heavy atom. The highest BCUT2D eigenvalue weighted by Gasteiger charge is 2.22. The molecular weight excluding hydrogens is 447 g/mol. The van der Waals surface area contributed by atoms with E-state index in [1.807, 2.05) is 0 Å². The highest BCUT2D eigenvalue weighted by molar-refractivity contribution is 7.80. The molecule has 0 radical (unpaired) electrons. The van der Waals surface area contributed by atoms with Crippen LogP contribution in [0.25, 0.3) is 11.1 Å². The van der Waals surface area contributed by atoms with E-state index in [4.69, 9.17) is 28.6 Å². The number of amides is 1. The molecule has 0 aliphatic carbocycles. The van der Waals surface area contributed by atoms with E-state index in [2.05, 4.69) is 10.6 Å². The van der Waals surface area contributed by atoms with Gasteiger partial charge in [0.1, 0.15) is 16.4 Å². The molecule has 2 N–H and O–H groups in total. The lowest BCUT2D eigenvalue weighted by molar-refractivity contribution is 0.0529. The first-order valence-corrected chi connectivity index (χ1v) is 10.5. The van der Waals surface area contributed by atoms with Gasteiger partial charge in [0.2, 0.25) is 0 Å². The molecule has 0 unspecified atom stereocenters. The van der Waals surface area contributed by atoms with Crippen LogP contribution in [0.2, 0.25) is 5.02 Å². The summed E-state index contributed by atoms with van der Waals surface area (Å²) in [6.45, 7) is 1.92. The van der Waals surface area contributed by atoms with E-state index in [9.17, 15) is 14.0 Å². The fourth-order valence-corrected chi connectivity index (χ4v) is 3.96. The van der Waals surface area contributed by atoms with Gasteiger partial charge < -0.3 is 10.1 Å². The number of nitrogens with one attached hydrogen (secondary N) is 2. The third-order valence-corrected chi connectivity index (χ3v) is 5.34. The summed E-state index contributed by atoms with van der Waals surface area (Å²) >= 11 is 12.4. The first-order valence-electron chi connectivity index (χ1n) is 8.81. The number of anilines is 1. The predicted molar refractivity (Wildman–Crippen MR) is 121 cm³/mol. The maximum atomic E-state index is 13.0. The Kier molecular flexibility index (Phi) is 7.15. The van der Waals surface area contributed by atoms with Crippen molar-refractivity contribution in [3.63, 3.8) is 0 Å². The Labute approximate surface area is 186 Å². The number of benzene rings is 2. The number of hydrogen-bond acceptors (Lipinski definition) is 5. The summed E-state index contributed by atoms with van der Waals surface area (Å²) in [6, 6.07) is 12.1. The molecule has 0 fully saturated rings. The summed E-state index contributed by atoms with van der Waals surface area (Å²) in [4.78, 5) is 24.9. The van der Waals surface area contributed by atoms with Gasteiger partial charge in [-0.25, -0.2) is 9.18 Å². The largest absolute Gasteiger partial charge is 0.462 e. The number of halogens is 2. The second kappa shape index (κ2) is 9.80. The van der Waals surface area contributed by atoms with Crippen LogP contribution in [0.3, 0.4) is 0 Å². The zero-order valence-electron chi connectivity index (χ0n) is 15.7. The van der Waals surface area contributed by atoms with Gasteiger partial charge in [-0.3, -0.25) is 10.1 Å². The second-order valence-electron chi connectivity index (χ2n) is 6.00. The lowest BCUT2D eigenvalue weighted by Gasteiger charge is -2.11. The zero-order chi connectivity index (χ0) is 21.7. The van der Waals surface area contributed by atoms with Crippen molar-refractivity contribution < 1.29 is 18.7 Å². The van der Waals surface area contributed by atoms with Gasteiger partial charge >= 0.3 is 5.97 Å². The Balaban J connectivity index is 1.83. The van der Waals surface area contributed by atoms with Crippen LogP contribution in [0.15, 0.2) is 53.9 Å². The molecule has 3 aromatic rings. The molecular formula is C21H16ClFN2O3S2. The van der Waals surface area contributed by atoms with Crippen LogP contribution >= 0.6 is 35.2 Å². The number of ether oxygens (including phenoxy) is 1. The molecule has 154 valence electrons. The van der Waals surface area contributed by atoms with Crippen molar-refractivity contribution in [1.82, 2.24) is 5.32 Å². The normalized spacial score (nSPS) is 10.4. The number of esters is 1. The molecule has 3 rings (SSSR count). The Bertz CT molecular complexity index is 1080. The zero-order valence-corrected chi connectivity index (χ0v) is 18.1. The summed E-state index contributed by atoms with van der Waals surface area (Å²) in [5.41, 5.74) is 2.00. The van der Waals surface area contributed by atoms with E-state index in [1.165, 1.54) is 35.6 Å². The van der Waals surface area contributed by atoms with E-state index < -0.39 is 17.7 Å². The van der Waals surface area contributed by atoms with E-state index >= 15 is 0 Å². The number of hydrogen-bond donors (Lipinski definition) is 2. The van der Waals surface area contributed by atoms with Crippen molar-refractivity contribution in [2.24, 2.45) is 0 Å². The highest BCUT2D eigenvalue weighted by Crippen LogP contribution is 2.36. The van der Waals surface area contributed by atoms with Crippen molar-refractivity contribution in [3.8, 4) is 11.1 Å². The van der Waals surface area contributed by atoms with E-state index in [0.717, 1.165) is 5.56 Å². The predicted octanol–water partition coefficient (Wildman–Crippen LogP) is 5.51. The summed E-state index contributed by atoms with van der Waals surface area (Å²) in [6.07, 6.45) is 0. The average Bonchev–Trinajstić information content (AvgIpc) is 3.12. The molecule has 0 atom stereocenters. The summed E-state index contributed by atoms with van der Waals surface area (Å²) in [7, 11) is 0. The lowest BCUT2D eigenvalue weighted by Crippen LogP contribution is -2.34. The van der Waals surface area contributed by atoms with Gasteiger partial charge in [-0.1, -0.05) is 23.7 Å². The molecule has 0 bridgehead atoms. The first-order chi connectivity index (χ1) is 14.4. The van der Waals surface area contributed by atoms with Crippen molar-refractivity contribution >= 4 is 57.1 Å². The molecule has 0 aliphatic heterocycles. The smallest absolute Gasteiger partial charge is 0.341 e. The topological polar surface area (TPSA) is 67.4 Å². The van der Waals surface area contributed by atoms with Gasteiger partial charge in [-0.2, -0.15) is 0 Å². The number of thiophene rings is 1. The van der Waals surface area contributed by atoms with Gasteiger partial charge in [0.05, 0.1) is 6.61 Å². The Morgan fingerprint density at radius 3 is 2.43 bits per heavy atom. The SMILES string of the molecule is CCOC(=O)c1c(-c2ccc(Cl)cc2)csc1NC(=S)NC(=O)c1ccc(F)cc1. The van der Waals surface area contributed by atoms with Crippen LogP contribution in [0.4, 0.5) is 9.39 Å². The van der Waals surface area contributed by atoms with Crippen molar-refractivity contribution in [2.45, 2.75) is 6.92 Å². The molecule has 1 heterocycles. The minimum Gasteiger partial charge on any atom is -0.462 e. The van der Waals surface area contributed by atoms with Gasteiger partial charge in [0, 0.05) is 21.5 Å². The Hall–Kier alpha value is -2.81. The Morgan fingerprint density at radius 1 is 1.13 bits per heavy atom. The van der Waals surface area contributed by atoms with Crippen LogP contribution < -0.4 is 10.6 Å². The third kappa shape index (κ3) is 5.21. The average molecular weight is 463 g/mol. The van der Waals surface area contributed by atoms with E-state index in [0.29, 0.717) is 21.2 Å². The molecule has 5 nitrogen and oxygen atoms in total. The molecule has 0 saturated heterocycles. The molecule has 0 spiro atoms. The summed E-state index contributed by atoms with van der Waals surface area (Å²) in [5, 5.41) is 8.20. The quantitative estimate of drug-likeness (QED) is 0.386. The summed E-state index contributed by atoms with van der Waals surface area (Å²) in [5.74, 6) is -1.46. The fourth-order valence-electron chi connectivity index (χ4n) is 2.61. The standard InChI is InChI=1S/C21H16ClFN2O3S2/c1-2-28-20(27)17-16(12-3-7-14(22)8-4-12)11-30-19(17)25-21(29)24-18(26)13-5-9-15(23)10-6-13/h3-11H,2H2,1H3,(H2,24,25,26,29). The van der Waals surface area contributed by atoms with Crippen LogP contribution in [-0.2, 0) is 4.74 Å². The number of carbonyl (C=O) groups excluding carboxylic acids is 2. The van der Waals surface area contributed by atoms with Gasteiger partial charge in [0.15, 0.2) is 5.11 Å². The highest BCUT2D eigenvalue weighted by atomic mass is 35.5. The van der Waals surface area contributed by atoms with Crippen molar-refractivity contribution in [3.05, 3.63) is 75.9 Å². The molecule has 1 aromatic heterocycles. The van der Waals surface area contributed by atoms with Crippen LogP contribution in [0.1, 0.15) is 27.6 Å².